The van der Waals surface area contributed by atoms with Crippen molar-refractivity contribution in [3.05, 3.63) is 53.6 Å². The van der Waals surface area contributed by atoms with Crippen molar-refractivity contribution >= 4 is 17.3 Å². The van der Waals surface area contributed by atoms with Crippen LogP contribution in [0.4, 0.5) is 24.5 Å². The minimum Gasteiger partial charge on any atom is -0.497 e. The molecule has 1 heterocycles. The first kappa shape index (κ1) is 19.1. The monoisotopic (exact) mass is 378 g/mol. The molecule has 2 aromatic carbocycles. The smallest absolute Gasteiger partial charge is 0.416 e. The summed E-state index contributed by atoms with van der Waals surface area (Å²) in [5.41, 5.74) is 0.305. The summed E-state index contributed by atoms with van der Waals surface area (Å²) >= 11 is 0. The molecule has 2 aromatic rings. The van der Waals surface area contributed by atoms with Gasteiger partial charge in [0.05, 0.1) is 24.0 Å². The third-order valence-electron chi connectivity index (χ3n) is 4.60. The number of rotatable bonds is 4. The van der Waals surface area contributed by atoms with Gasteiger partial charge in [-0.05, 0) is 55.7 Å². The molecule has 1 aliphatic rings. The molecule has 0 aromatic heterocycles. The molecule has 3 rings (SSSR count). The lowest BCUT2D eigenvalue weighted by molar-refractivity contribution is -0.137. The Balaban J connectivity index is 1.93. The molecule has 0 saturated carbocycles. The van der Waals surface area contributed by atoms with Crippen LogP contribution >= 0.6 is 0 Å². The highest BCUT2D eigenvalue weighted by Crippen LogP contribution is 2.36. The first-order chi connectivity index (χ1) is 12.9. The van der Waals surface area contributed by atoms with E-state index in [1.54, 1.807) is 24.3 Å². The molecule has 0 atom stereocenters. The highest BCUT2D eigenvalue weighted by atomic mass is 19.4. The second-order valence-electron chi connectivity index (χ2n) is 6.46. The Hall–Kier alpha value is -2.70. The van der Waals surface area contributed by atoms with E-state index in [0.717, 1.165) is 44.5 Å². The van der Waals surface area contributed by atoms with Gasteiger partial charge in [0.1, 0.15) is 5.75 Å². The Kier molecular flexibility index (Phi) is 5.58. The van der Waals surface area contributed by atoms with E-state index >= 15 is 0 Å². The number of ether oxygens (including phenoxy) is 1. The minimum atomic E-state index is -4.48. The van der Waals surface area contributed by atoms with Crippen molar-refractivity contribution in [3.63, 3.8) is 0 Å². The second-order valence-corrected chi connectivity index (χ2v) is 6.46. The quantitative estimate of drug-likeness (QED) is 0.818. The highest BCUT2D eigenvalue weighted by Gasteiger charge is 2.32. The fraction of sp³-hybridized carbons (Fsp3) is 0.350. The summed E-state index contributed by atoms with van der Waals surface area (Å²) in [7, 11) is 1.48. The van der Waals surface area contributed by atoms with Crippen molar-refractivity contribution in [3.8, 4) is 5.75 Å². The molecule has 0 radical (unpaired) electrons. The zero-order chi connectivity index (χ0) is 19.4. The number of methoxy groups -OCH3 is 1. The van der Waals surface area contributed by atoms with E-state index < -0.39 is 17.6 Å². The molecule has 1 aliphatic heterocycles. The van der Waals surface area contributed by atoms with Crippen LogP contribution < -0.4 is 15.0 Å². The maximum atomic E-state index is 13.2. The van der Waals surface area contributed by atoms with E-state index in [1.807, 2.05) is 4.90 Å². The van der Waals surface area contributed by atoms with Crippen LogP contribution in [-0.4, -0.2) is 26.1 Å². The number of nitrogens with one attached hydrogen (secondary N) is 1. The van der Waals surface area contributed by atoms with Crippen LogP contribution in [0.15, 0.2) is 42.5 Å². The van der Waals surface area contributed by atoms with Gasteiger partial charge in [0.25, 0.3) is 5.91 Å². The minimum absolute atomic E-state index is 0.166. The van der Waals surface area contributed by atoms with Crippen LogP contribution in [0.1, 0.15) is 35.2 Å². The number of carbonyl (C=O) groups is 1. The average molecular weight is 378 g/mol. The molecule has 0 spiro atoms. The van der Waals surface area contributed by atoms with Crippen LogP contribution in [-0.2, 0) is 6.18 Å². The first-order valence-electron chi connectivity index (χ1n) is 8.80. The molecule has 27 heavy (non-hydrogen) atoms. The fourth-order valence-corrected chi connectivity index (χ4v) is 3.18. The number of alkyl halides is 3. The van der Waals surface area contributed by atoms with Gasteiger partial charge in [-0.25, -0.2) is 0 Å². The number of hydrogen-bond acceptors (Lipinski definition) is 3. The van der Waals surface area contributed by atoms with Gasteiger partial charge in [-0.3, -0.25) is 4.79 Å². The number of hydrogen-bond donors (Lipinski definition) is 1. The van der Waals surface area contributed by atoms with Crippen LogP contribution in [0.3, 0.4) is 0 Å². The summed E-state index contributed by atoms with van der Waals surface area (Å²) in [5.74, 6) is 0.0226. The van der Waals surface area contributed by atoms with Gasteiger partial charge in [-0.1, -0.05) is 6.07 Å². The van der Waals surface area contributed by atoms with Crippen molar-refractivity contribution in [2.75, 3.05) is 30.4 Å². The zero-order valence-electron chi connectivity index (χ0n) is 15.0. The van der Waals surface area contributed by atoms with Gasteiger partial charge in [0.15, 0.2) is 0 Å². The van der Waals surface area contributed by atoms with Crippen molar-refractivity contribution in [1.29, 1.82) is 0 Å². The Morgan fingerprint density at radius 1 is 1.07 bits per heavy atom. The Morgan fingerprint density at radius 3 is 2.48 bits per heavy atom. The number of carbonyl (C=O) groups excluding carboxylic acids is 1. The fourth-order valence-electron chi connectivity index (χ4n) is 3.18. The molecule has 0 bridgehead atoms. The van der Waals surface area contributed by atoms with Gasteiger partial charge < -0.3 is 15.0 Å². The lowest BCUT2D eigenvalue weighted by Crippen LogP contribution is -2.30. The maximum absolute atomic E-state index is 13.2. The zero-order valence-corrected chi connectivity index (χ0v) is 15.0. The molecule has 0 aliphatic carbocycles. The van der Waals surface area contributed by atoms with Crippen molar-refractivity contribution < 1.29 is 22.7 Å². The molecule has 4 nitrogen and oxygen atoms in total. The van der Waals surface area contributed by atoms with E-state index in [0.29, 0.717) is 17.0 Å². The van der Waals surface area contributed by atoms with Crippen molar-refractivity contribution in [2.24, 2.45) is 0 Å². The lowest BCUT2D eigenvalue weighted by atomic mass is 10.1. The molecule has 1 saturated heterocycles. The number of nitrogens with zero attached hydrogens (tertiary/aromatic N) is 1. The standard InChI is InChI=1S/C20H21F3N2O2/c1-27-16-7-5-6-14(12-16)19(26)24-17-13-15(20(21,22)23)8-9-18(17)25-10-3-2-4-11-25/h5-9,12-13H,2-4,10-11H2,1H3,(H,24,26). The van der Waals surface area contributed by atoms with Crippen LogP contribution in [0, 0.1) is 0 Å². The molecular weight excluding hydrogens is 357 g/mol. The number of benzene rings is 2. The molecule has 144 valence electrons. The third-order valence-corrected chi connectivity index (χ3v) is 4.60. The molecule has 1 fully saturated rings. The van der Waals surface area contributed by atoms with Crippen LogP contribution in [0.5, 0.6) is 5.75 Å². The van der Waals surface area contributed by atoms with Gasteiger partial charge in [0, 0.05) is 18.7 Å². The van der Waals surface area contributed by atoms with Crippen molar-refractivity contribution in [1.82, 2.24) is 0 Å². The highest BCUT2D eigenvalue weighted by molar-refractivity contribution is 6.06. The van der Waals surface area contributed by atoms with Crippen LogP contribution in [0.2, 0.25) is 0 Å². The van der Waals surface area contributed by atoms with E-state index in [-0.39, 0.29) is 5.69 Å². The summed E-state index contributed by atoms with van der Waals surface area (Å²) in [6.45, 7) is 1.51. The second kappa shape index (κ2) is 7.90. The van der Waals surface area contributed by atoms with Crippen LogP contribution in [0.25, 0.3) is 0 Å². The lowest BCUT2D eigenvalue weighted by Gasteiger charge is -2.31. The number of amides is 1. The molecular formula is C20H21F3N2O2. The predicted molar refractivity (Wildman–Crippen MR) is 98.5 cm³/mol. The van der Waals surface area contributed by atoms with E-state index in [4.69, 9.17) is 4.74 Å². The largest absolute Gasteiger partial charge is 0.497 e. The Morgan fingerprint density at radius 2 is 1.81 bits per heavy atom. The van der Waals surface area contributed by atoms with E-state index in [9.17, 15) is 18.0 Å². The van der Waals surface area contributed by atoms with E-state index in [1.165, 1.54) is 13.2 Å². The molecule has 0 unspecified atom stereocenters. The number of halogens is 3. The summed E-state index contributed by atoms with van der Waals surface area (Å²) in [5, 5.41) is 2.65. The van der Waals surface area contributed by atoms with Crippen molar-refractivity contribution in [2.45, 2.75) is 25.4 Å². The van der Waals surface area contributed by atoms with Gasteiger partial charge in [-0.2, -0.15) is 13.2 Å². The third kappa shape index (κ3) is 4.53. The normalized spacial score (nSPS) is 14.7. The van der Waals surface area contributed by atoms with E-state index in [2.05, 4.69) is 5.32 Å². The summed E-state index contributed by atoms with van der Waals surface area (Å²) < 4.78 is 44.6. The van der Waals surface area contributed by atoms with Gasteiger partial charge in [0.2, 0.25) is 0 Å². The van der Waals surface area contributed by atoms with Gasteiger partial charge >= 0.3 is 6.18 Å². The summed E-state index contributed by atoms with van der Waals surface area (Å²) in [6.07, 6.45) is -1.42. The summed E-state index contributed by atoms with van der Waals surface area (Å²) in [6, 6.07) is 9.99. The molecule has 1 amide bonds. The topological polar surface area (TPSA) is 41.6 Å². The first-order valence-corrected chi connectivity index (χ1v) is 8.80. The maximum Gasteiger partial charge on any atom is 0.416 e. The predicted octanol–water partition coefficient (Wildman–Crippen LogP) is 4.96. The summed E-state index contributed by atoms with van der Waals surface area (Å²) in [4.78, 5) is 14.6. The average Bonchev–Trinajstić information content (AvgIpc) is 2.68. The molecule has 7 heteroatoms. The Labute approximate surface area is 155 Å². The number of anilines is 2. The Bertz CT molecular complexity index is 815. The SMILES string of the molecule is COc1cccc(C(=O)Nc2cc(C(F)(F)F)ccc2N2CCCCC2)c1. The van der Waals surface area contributed by atoms with Gasteiger partial charge in [-0.15, -0.1) is 0 Å². The molecule has 1 N–H and O–H groups in total. The number of piperidine rings is 1.